The van der Waals surface area contributed by atoms with Crippen molar-refractivity contribution in [2.24, 2.45) is 0 Å². The smallest absolute Gasteiger partial charge is 0.229 e. The highest BCUT2D eigenvalue weighted by Crippen LogP contribution is 2.18. The van der Waals surface area contributed by atoms with Crippen molar-refractivity contribution in [2.75, 3.05) is 5.32 Å². The Bertz CT molecular complexity index is 534. The van der Waals surface area contributed by atoms with Gasteiger partial charge in [0.05, 0.1) is 17.6 Å². The van der Waals surface area contributed by atoms with Gasteiger partial charge in [0.2, 0.25) is 5.91 Å². The second kappa shape index (κ2) is 5.10. The maximum atomic E-state index is 11.8. The average molecular weight is 246 g/mol. The van der Waals surface area contributed by atoms with Gasteiger partial charge in [-0.15, -0.1) is 11.3 Å². The lowest BCUT2D eigenvalue weighted by molar-refractivity contribution is -0.115. The first-order valence-electron chi connectivity index (χ1n) is 5.42. The number of carbonyl (C=O) groups excluding carboxylic acids is 1. The number of amides is 1. The number of aryl methyl sites for hydroxylation is 2. The molecular weight excluding hydrogens is 232 g/mol. The van der Waals surface area contributed by atoms with Crippen molar-refractivity contribution in [3.63, 3.8) is 0 Å². The van der Waals surface area contributed by atoms with Crippen LogP contribution in [0, 0.1) is 13.8 Å². The molecule has 3 nitrogen and oxygen atoms in total. The van der Waals surface area contributed by atoms with Crippen LogP contribution in [0.4, 0.5) is 5.00 Å². The number of anilines is 1. The average Bonchev–Trinajstić information content (AvgIpc) is 2.67. The number of carbonyl (C=O) groups is 1. The summed E-state index contributed by atoms with van der Waals surface area (Å²) in [6.07, 6.45) is 2.10. The zero-order valence-corrected chi connectivity index (χ0v) is 10.7. The molecule has 0 fully saturated rings. The molecule has 1 heterocycles. The van der Waals surface area contributed by atoms with Gasteiger partial charge in [-0.1, -0.05) is 24.3 Å². The van der Waals surface area contributed by atoms with Crippen LogP contribution in [0.5, 0.6) is 0 Å². The molecule has 0 aliphatic carbocycles. The van der Waals surface area contributed by atoms with Gasteiger partial charge < -0.3 is 5.32 Å². The minimum absolute atomic E-state index is 0.00273. The van der Waals surface area contributed by atoms with E-state index in [4.69, 9.17) is 0 Å². The molecule has 0 aliphatic rings. The molecular formula is C13H14N2OS. The number of rotatable bonds is 3. The lowest BCUT2D eigenvalue weighted by Crippen LogP contribution is -2.14. The first kappa shape index (κ1) is 11.8. The number of hydrogen-bond acceptors (Lipinski definition) is 3. The first-order chi connectivity index (χ1) is 8.15. The zero-order valence-electron chi connectivity index (χ0n) is 9.86. The third-order valence-electron chi connectivity index (χ3n) is 2.50. The molecule has 1 amide bonds. The van der Waals surface area contributed by atoms with Gasteiger partial charge in [-0.25, -0.2) is 4.98 Å². The molecule has 17 heavy (non-hydrogen) atoms. The molecule has 2 rings (SSSR count). The predicted molar refractivity (Wildman–Crippen MR) is 70.4 cm³/mol. The summed E-state index contributed by atoms with van der Waals surface area (Å²) in [5.74, 6) is 0.00273. The molecule has 88 valence electrons. The fraction of sp³-hybridized carbons (Fsp3) is 0.231. The summed E-state index contributed by atoms with van der Waals surface area (Å²) >= 11 is 1.49. The van der Waals surface area contributed by atoms with Gasteiger partial charge in [0.1, 0.15) is 5.00 Å². The predicted octanol–water partition coefficient (Wildman–Crippen LogP) is 2.94. The number of aromatic nitrogens is 1. The van der Waals surface area contributed by atoms with Crippen LogP contribution in [-0.4, -0.2) is 10.9 Å². The van der Waals surface area contributed by atoms with Crippen LogP contribution in [0.25, 0.3) is 0 Å². The van der Waals surface area contributed by atoms with Crippen molar-refractivity contribution < 1.29 is 4.79 Å². The Hall–Kier alpha value is -1.68. The summed E-state index contributed by atoms with van der Waals surface area (Å²) in [6.45, 7) is 3.93. The van der Waals surface area contributed by atoms with E-state index in [0.29, 0.717) is 6.42 Å². The molecule has 0 spiro atoms. The van der Waals surface area contributed by atoms with E-state index in [1.807, 2.05) is 38.1 Å². The number of thiazole rings is 1. The lowest BCUT2D eigenvalue weighted by Gasteiger charge is -2.05. The Morgan fingerprint density at radius 3 is 2.76 bits per heavy atom. The van der Waals surface area contributed by atoms with E-state index >= 15 is 0 Å². The molecule has 0 radical (unpaired) electrons. The van der Waals surface area contributed by atoms with E-state index in [-0.39, 0.29) is 5.91 Å². The second-order valence-electron chi connectivity index (χ2n) is 3.89. The summed E-state index contributed by atoms with van der Waals surface area (Å²) in [4.78, 5) is 15.9. The lowest BCUT2D eigenvalue weighted by atomic mass is 10.1. The first-order valence-corrected chi connectivity index (χ1v) is 6.23. The van der Waals surface area contributed by atoms with Crippen LogP contribution in [0.1, 0.15) is 16.1 Å². The molecule has 1 N–H and O–H groups in total. The number of nitrogens with zero attached hydrogens (tertiary/aromatic N) is 1. The van der Waals surface area contributed by atoms with Crippen LogP contribution in [0.15, 0.2) is 30.5 Å². The summed E-state index contributed by atoms with van der Waals surface area (Å²) < 4.78 is 0. The van der Waals surface area contributed by atoms with Crippen molar-refractivity contribution in [2.45, 2.75) is 20.3 Å². The standard InChI is InChI=1S/C13H14N2OS/c1-9-5-3-4-6-11(9)7-12(16)15-13-8-14-10(2)17-13/h3-6,8H,7H2,1-2H3,(H,15,16). The fourth-order valence-corrected chi connectivity index (χ4v) is 2.28. The Balaban J connectivity index is 2.01. The quantitative estimate of drug-likeness (QED) is 0.904. The molecule has 1 aromatic carbocycles. The van der Waals surface area contributed by atoms with Crippen molar-refractivity contribution in [3.8, 4) is 0 Å². The Morgan fingerprint density at radius 2 is 2.12 bits per heavy atom. The van der Waals surface area contributed by atoms with Gasteiger partial charge >= 0.3 is 0 Å². The fourth-order valence-electron chi connectivity index (χ4n) is 1.58. The molecule has 0 saturated carbocycles. The van der Waals surface area contributed by atoms with Crippen LogP contribution in [-0.2, 0) is 11.2 Å². The van der Waals surface area contributed by atoms with Gasteiger partial charge in [0.25, 0.3) is 0 Å². The molecule has 0 bridgehead atoms. The summed E-state index contributed by atoms with van der Waals surface area (Å²) in [5.41, 5.74) is 2.20. The van der Waals surface area contributed by atoms with E-state index < -0.39 is 0 Å². The van der Waals surface area contributed by atoms with Crippen molar-refractivity contribution in [1.29, 1.82) is 0 Å². The molecule has 0 aliphatic heterocycles. The SMILES string of the molecule is Cc1ncc(NC(=O)Cc2ccccc2C)s1. The highest BCUT2D eigenvalue weighted by atomic mass is 32.1. The third-order valence-corrected chi connectivity index (χ3v) is 3.32. The van der Waals surface area contributed by atoms with Gasteiger partial charge in [0, 0.05) is 0 Å². The van der Waals surface area contributed by atoms with Crippen LogP contribution >= 0.6 is 11.3 Å². The molecule has 0 saturated heterocycles. The van der Waals surface area contributed by atoms with Crippen molar-refractivity contribution in [1.82, 2.24) is 4.98 Å². The molecule has 4 heteroatoms. The molecule has 1 aromatic heterocycles. The monoisotopic (exact) mass is 246 g/mol. The maximum absolute atomic E-state index is 11.8. The van der Waals surface area contributed by atoms with Gasteiger partial charge in [0.15, 0.2) is 0 Å². The van der Waals surface area contributed by atoms with Crippen LogP contribution in [0.2, 0.25) is 0 Å². The number of hydrogen-bond donors (Lipinski definition) is 1. The van der Waals surface area contributed by atoms with Crippen molar-refractivity contribution >= 4 is 22.2 Å². The summed E-state index contributed by atoms with van der Waals surface area (Å²) in [7, 11) is 0. The van der Waals surface area contributed by atoms with Crippen LogP contribution in [0.3, 0.4) is 0 Å². The van der Waals surface area contributed by atoms with Gasteiger partial charge in [-0.3, -0.25) is 4.79 Å². The molecule has 0 unspecified atom stereocenters. The van der Waals surface area contributed by atoms with Crippen LogP contribution < -0.4 is 5.32 Å². The summed E-state index contributed by atoms with van der Waals surface area (Å²) in [5, 5.41) is 4.62. The highest BCUT2D eigenvalue weighted by Gasteiger charge is 2.07. The van der Waals surface area contributed by atoms with Crippen molar-refractivity contribution in [3.05, 3.63) is 46.6 Å². The van der Waals surface area contributed by atoms with E-state index in [2.05, 4.69) is 10.3 Å². The largest absolute Gasteiger partial charge is 0.316 e. The van der Waals surface area contributed by atoms with E-state index in [1.54, 1.807) is 6.20 Å². The minimum Gasteiger partial charge on any atom is -0.316 e. The summed E-state index contributed by atoms with van der Waals surface area (Å²) in [6, 6.07) is 7.92. The normalized spacial score (nSPS) is 10.2. The maximum Gasteiger partial charge on any atom is 0.229 e. The zero-order chi connectivity index (χ0) is 12.3. The van der Waals surface area contributed by atoms with Gasteiger partial charge in [-0.2, -0.15) is 0 Å². The second-order valence-corrected chi connectivity index (χ2v) is 5.13. The highest BCUT2D eigenvalue weighted by molar-refractivity contribution is 7.15. The number of nitrogens with one attached hydrogen (secondary N) is 1. The Kier molecular flexibility index (Phi) is 3.54. The number of benzene rings is 1. The third kappa shape index (κ3) is 3.14. The van der Waals surface area contributed by atoms with E-state index in [1.165, 1.54) is 11.3 Å². The van der Waals surface area contributed by atoms with Gasteiger partial charge in [-0.05, 0) is 25.0 Å². The molecule has 2 aromatic rings. The Labute approximate surface area is 105 Å². The topological polar surface area (TPSA) is 42.0 Å². The van der Waals surface area contributed by atoms with E-state index in [0.717, 1.165) is 21.1 Å². The minimum atomic E-state index is 0.00273. The Morgan fingerprint density at radius 1 is 1.35 bits per heavy atom. The molecule has 0 atom stereocenters. The van der Waals surface area contributed by atoms with E-state index in [9.17, 15) is 4.79 Å².